The maximum atomic E-state index is 7.76. The normalized spacial score (nSPS) is 25.4. The zero-order valence-corrected chi connectivity index (χ0v) is 38.6. The fraction of sp³-hybridized carbons (Fsp3) is 0.393. The van der Waals surface area contributed by atoms with Gasteiger partial charge in [0.1, 0.15) is 29.3 Å². The molecule has 10 heteroatoms. The molecule has 338 valence electrons. The molecule has 6 aliphatic heterocycles. The van der Waals surface area contributed by atoms with E-state index >= 15 is 0 Å². The molecule has 6 saturated heterocycles. The van der Waals surface area contributed by atoms with Gasteiger partial charge in [0.05, 0.1) is 37.3 Å². The molecule has 66 heavy (non-hydrogen) atoms. The van der Waals surface area contributed by atoms with E-state index < -0.39 is 12.2 Å². The summed E-state index contributed by atoms with van der Waals surface area (Å²) < 4.78 is 27.2. The van der Waals surface area contributed by atoms with Crippen LogP contribution in [0.2, 0.25) is 0 Å². The molecule has 6 aliphatic rings. The predicted octanol–water partition coefficient (Wildman–Crippen LogP) is 11.4. The van der Waals surface area contributed by atoms with Gasteiger partial charge in [-0.2, -0.15) is 9.97 Å². The molecule has 0 saturated carbocycles. The standard InChI is InChI=1S/C56H60N6O4/c1-5-35-33-61-27-23-39(35)29-49(61)52(43-21-25-57-47-19-17-41(63-3)31-45(43)47)65-55-51(37-13-9-7-10-14-37)56(60-54(59-55)38-15-11-8-12-16-38)66-53(50-30-40-24-28-62(50)34-36(40)6-2)44-22-26-58-48-20-18-42(64-4)32-46(44)48/h7-22,25-26,31-32,35-36,39-40,49-50,52-53H,5-6,23-24,27-30,33-34H2,1-4H3/t35-,36+,39+,40?,49-,50-,52+,53+/m1/s1. The van der Waals surface area contributed by atoms with Crippen molar-refractivity contribution in [3.63, 3.8) is 0 Å². The first kappa shape index (κ1) is 42.5. The predicted molar refractivity (Wildman–Crippen MR) is 260 cm³/mol. The van der Waals surface area contributed by atoms with Gasteiger partial charge in [0, 0.05) is 52.9 Å². The third kappa shape index (κ3) is 7.91. The van der Waals surface area contributed by atoms with E-state index in [0.717, 1.165) is 100 Å². The second-order valence-corrected chi connectivity index (χ2v) is 18.9. The van der Waals surface area contributed by atoms with Crippen LogP contribution in [0.25, 0.3) is 44.3 Å². The molecule has 3 aromatic heterocycles. The van der Waals surface area contributed by atoms with Gasteiger partial charge < -0.3 is 18.9 Å². The fourth-order valence-electron chi connectivity index (χ4n) is 12.1. The van der Waals surface area contributed by atoms with Crippen molar-refractivity contribution in [2.45, 2.75) is 76.7 Å². The summed E-state index contributed by atoms with van der Waals surface area (Å²) in [6, 6.07) is 37.4. The van der Waals surface area contributed by atoms with Gasteiger partial charge in [-0.15, -0.1) is 0 Å². The van der Waals surface area contributed by atoms with E-state index in [4.69, 9.17) is 38.9 Å². The molecule has 0 spiro atoms. The first-order valence-electron chi connectivity index (χ1n) is 24.2. The number of nitrogens with zero attached hydrogens (tertiary/aromatic N) is 6. The lowest BCUT2D eigenvalue weighted by molar-refractivity contribution is -0.0510. The lowest BCUT2D eigenvalue weighted by Gasteiger charge is -2.52. The number of aromatic nitrogens is 4. The zero-order chi connectivity index (χ0) is 44.7. The monoisotopic (exact) mass is 880 g/mol. The summed E-state index contributed by atoms with van der Waals surface area (Å²) in [4.78, 5) is 26.0. The number of pyridine rings is 2. The molecular weight excluding hydrogens is 821 g/mol. The maximum Gasteiger partial charge on any atom is 0.229 e. The largest absolute Gasteiger partial charge is 0.497 e. The molecule has 6 fully saturated rings. The van der Waals surface area contributed by atoms with Crippen LogP contribution in [0.3, 0.4) is 0 Å². The molecule has 9 heterocycles. The molecule has 13 rings (SSSR count). The smallest absolute Gasteiger partial charge is 0.229 e. The summed E-state index contributed by atoms with van der Waals surface area (Å²) in [5.74, 6) is 5.70. The van der Waals surface area contributed by atoms with Crippen molar-refractivity contribution < 1.29 is 18.9 Å². The molecule has 4 bridgehead atoms. The highest BCUT2D eigenvalue weighted by Gasteiger charge is 2.47. The third-order valence-corrected chi connectivity index (χ3v) is 15.6. The van der Waals surface area contributed by atoms with E-state index in [0.29, 0.717) is 41.3 Å². The Bertz CT molecular complexity index is 2680. The highest BCUT2D eigenvalue weighted by atomic mass is 16.5. The van der Waals surface area contributed by atoms with Crippen molar-refractivity contribution in [1.29, 1.82) is 0 Å². The van der Waals surface area contributed by atoms with Crippen LogP contribution in [-0.2, 0) is 0 Å². The van der Waals surface area contributed by atoms with Crippen LogP contribution >= 0.6 is 0 Å². The molecule has 4 aromatic carbocycles. The van der Waals surface area contributed by atoms with Crippen LogP contribution in [0.4, 0.5) is 0 Å². The molecule has 10 nitrogen and oxygen atoms in total. The molecule has 7 aromatic rings. The summed E-state index contributed by atoms with van der Waals surface area (Å²) in [6.45, 7) is 8.88. The van der Waals surface area contributed by atoms with Crippen LogP contribution in [0.15, 0.2) is 122 Å². The molecule has 0 radical (unpaired) electrons. The van der Waals surface area contributed by atoms with Crippen LogP contribution in [0, 0.1) is 23.7 Å². The average molecular weight is 881 g/mol. The summed E-state index contributed by atoms with van der Waals surface area (Å²) in [5, 5.41) is 2.02. The second kappa shape index (κ2) is 18.3. The molecule has 0 amide bonds. The average Bonchev–Trinajstić information content (AvgIpc) is 3.39. The number of methoxy groups -OCH3 is 2. The highest BCUT2D eigenvalue weighted by Crippen LogP contribution is 2.50. The number of hydrogen-bond acceptors (Lipinski definition) is 10. The Morgan fingerprint density at radius 2 is 1.05 bits per heavy atom. The molecule has 0 N–H and O–H groups in total. The van der Waals surface area contributed by atoms with Gasteiger partial charge in [-0.1, -0.05) is 87.4 Å². The quantitative estimate of drug-likeness (QED) is 0.105. The minimum atomic E-state index is -0.393. The Kier molecular flexibility index (Phi) is 11.8. The molecular formula is C56H60N6O4. The van der Waals surface area contributed by atoms with Gasteiger partial charge in [-0.3, -0.25) is 19.8 Å². The summed E-state index contributed by atoms with van der Waals surface area (Å²) >= 11 is 0. The number of piperidine rings is 6. The summed E-state index contributed by atoms with van der Waals surface area (Å²) in [5.41, 5.74) is 6.48. The number of rotatable bonds is 14. The van der Waals surface area contributed by atoms with E-state index in [1.807, 2.05) is 54.9 Å². The van der Waals surface area contributed by atoms with E-state index in [1.165, 1.54) is 25.7 Å². The van der Waals surface area contributed by atoms with Gasteiger partial charge in [0.15, 0.2) is 5.82 Å². The number of benzene rings is 4. The maximum absolute atomic E-state index is 7.76. The SMILES string of the molecule is CC[C@H]1CN2CCC1C[C@@H]2[C@@H](Oc1nc(-c2ccccc2)nc(O[C@@H](c2ccnc3ccc(OC)cc23)[C@H]2C[C@@H]3CCN2C[C@H]3CC)c1-c1ccccc1)c1ccnc2ccc(OC)cc12. The summed E-state index contributed by atoms with van der Waals surface area (Å²) in [6.07, 6.45) is 9.90. The minimum Gasteiger partial charge on any atom is -0.497 e. The second-order valence-electron chi connectivity index (χ2n) is 18.9. The first-order valence-corrected chi connectivity index (χ1v) is 24.2. The lowest BCUT2D eigenvalue weighted by Crippen LogP contribution is -2.56. The van der Waals surface area contributed by atoms with Crippen LogP contribution < -0.4 is 18.9 Å². The zero-order valence-electron chi connectivity index (χ0n) is 38.6. The van der Waals surface area contributed by atoms with Gasteiger partial charge in [-0.05, 0) is 117 Å². The molecule has 3 unspecified atom stereocenters. The van der Waals surface area contributed by atoms with Crippen LogP contribution in [-0.4, -0.2) is 82.2 Å². The van der Waals surface area contributed by atoms with Crippen molar-refractivity contribution in [2.24, 2.45) is 23.7 Å². The molecule has 10 atom stereocenters. The van der Waals surface area contributed by atoms with Crippen molar-refractivity contribution in [2.75, 3.05) is 40.4 Å². The van der Waals surface area contributed by atoms with E-state index in [-0.39, 0.29) is 12.1 Å². The van der Waals surface area contributed by atoms with Gasteiger partial charge in [0.25, 0.3) is 0 Å². The number of hydrogen-bond donors (Lipinski definition) is 0. The van der Waals surface area contributed by atoms with Gasteiger partial charge >= 0.3 is 0 Å². The third-order valence-electron chi connectivity index (χ3n) is 15.6. The summed E-state index contributed by atoms with van der Waals surface area (Å²) in [7, 11) is 3.44. The Morgan fingerprint density at radius 3 is 1.47 bits per heavy atom. The van der Waals surface area contributed by atoms with Crippen molar-refractivity contribution in [3.8, 4) is 45.8 Å². The fourth-order valence-corrected chi connectivity index (χ4v) is 12.1. The van der Waals surface area contributed by atoms with Crippen molar-refractivity contribution in [3.05, 3.63) is 133 Å². The van der Waals surface area contributed by atoms with E-state index in [2.05, 4.69) is 90.4 Å². The number of ether oxygens (including phenoxy) is 4. The van der Waals surface area contributed by atoms with Crippen LogP contribution in [0.5, 0.6) is 23.3 Å². The first-order chi connectivity index (χ1) is 32.5. The van der Waals surface area contributed by atoms with Gasteiger partial charge in [-0.25, -0.2) is 0 Å². The van der Waals surface area contributed by atoms with E-state index in [9.17, 15) is 0 Å². The lowest BCUT2D eigenvalue weighted by atomic mass is 9.72. The Hall–Kier alpha value is -6.10. The highest BCUT2D eigenvalue weighted by molar-refractivity contribution is 5.85. The number of fused-ring (bicyclic) bond motifs is 8. The van der Waals surface area contributed by atoms with Crippen molar-refractivity contribution >= 4 is 21.8 Å². The van der Waals surface area contributed by atoms with Crippen LogP contribution in [0.1, 0.15) is 75.7 Å². The topological polar surface area (TPSA) is 95.0 Å². The Labute approximate surface area is 388 Å². The van der Waals surface area contributed by atoms with E-state index in [1.54, 1.807) is 14.2 Å². The van der Waals surface area contributed by atoms with Crippen molar-refractivity contribution in [1.82, 2.24) is 29.7 Å². The Balaban J connectivity index is 1.13. The molecule has 0 aliphatic carbocycles. The minimum absolute atomic E-state index is 0.106. The van der Waals surface area contributed by atoms with Gasteiger partial charge in [0.2, 0.25) is 11.8 Å². The Morgan fingerprint density at radius 1 is 0.576 bits per heavy atom.